The molecule has 0 amide bonds. The topological polar surface area (TPSA) is 12.0 Å². The van der Waals surface area contributed by atoms with Crippen molar-refractivity contribution < 1.29 is 13.2 Å². The summed E-state index contributed by atoms with van der Waals surface area (Å²) in [5, 5.41) is 3.67. The summed E-state index contributed by atoms with van der Waals surface area (Å²) < 4.78 is 38.7. The number of halogens is 3. The number of fused-ring (bicyclic) bond motifs is 1. The number of likely N-dealkylation sites (N-methyl/N-ethyl adjacent to an activating group) is 1. The summed E-state index contributed by atoms with van der Waals surface area (Å²) in [6.07, 6.45) is -3.52. The molecule has 5 heteroatoms. The van der Waals surface area contributed by atoms with Crippen LogP contribution in [-0.2, 0) is 12.6 Å². The van der Waals surface area contributed by atoms with Gasteiger partial charge < -0.3 is 5.32 Å². The van der Waals surface area contributed by atoms with Crippen molar-refractivity contribution in [3.05, 3.63) is 34.7 Å². The number of hydrogen-bond donors (Lipinski definition) is 1. The Labute approximate surface area is 101 Å². The van der Waals surface area contributed by atoms with E-state index in [1.165, 1.54) is 17.4 Å². The molecule has 0 aliphatic rings. The summed E-state index contributed by atoms with van der Waals surface area (Å²) >= 11 is 1.23. The number of hydrogen-bond acceptors (Lipinski definition) is 2. The maximum absolute atomic E-state index is 12.8. The first kappa shape index (κ1) is 12.4. The zero-order valence-corrected chi connectivity index (χ0v) is 10.1. The van der Waals surface area contributed by atoms with Gasteiger partial charge in [0.05, 0.1) is 5.56 Å². The number of thiophene rings is 1. The molecule has 0 spiro atoms. The smallest absolute Gasteiger partial charge is 0.319 e. The van der Waals surface area contributed by atoms with Crippen LogP contribution in [0.5, 0.6) is 0 Å². The Morgan fingerprint density at radius 3 is 2.71 bits per heavy atom. The normalized spacial score (nSPS) is 12.2. The van der Waals surface area contributed by atoms with Crippen molar-refractivity contribution in [2.24, 2.45) is 0 Å². The molecule has 92 valence electrons. The molecule has 0 aliphatic heterocycles. The summed E-state index contributed by atoms with van der Waals surface area (Å²) in [4.78, 5) is 0.978. The maximum atomic E-state index is 12.8. The second-order valence-electron chi connectivity index (χ2n) is 3.79. The van der Waals surface area contributed by atoms with Gasteiger partial charge in [0.1, 0.15) is 0 Å². The Balaban J connectivity index is 2.46. The summed E-state index contributed by atoms with van der Waals surface area (Å²) in [7, 11) is 1.83. The quantitative estimate of drug-likeness (QED) is 0.886. The van der Waals surface area contributed by atoms with E-state index >= 15 is 0 Å². The third-order valence-electron chi connectivity index (χ3n) is 2.52. The largest absolute Gasteiger partial charge is 0.417 e. The molecular weight excluding hydrogens is 247 g/mol. The van der Waals surface area contributed by atoms with Crippen molar-refractivity contribution in [1.82, 2.24) is 5.32 Å². The first-order chi connectivity index (χ1) is 8.02. The first-order valence-corrected chi connectivity index (χ1v) is 6.07. The average Bonchev–Trinajstić information content (AvgIpc) is 2.66. The fourth-order valence-corrected chi connectivity index (χ4v) is 2.90. The van der Waals surface area contributed by atoms with Crippen LogP contribution in [0.2, 0.25) is 0 Å². The maximum Gasteiger partial charge on any atom is 0.417 e. The minimum atomic E-state index is -4.27. The van der Waals surface area contributed by atoms with E-state index < -0.39 is 11.7 Å². The molecule has 0 saturated heterocycles. The monoisotopic (exact) mass is 259 g/mol. The third kappa shape index (κ3) is 2.61. The van der Waals surface area contributed by atoms with Crippen LogP contribution in [0.25, 0.3) is 10.1 Å². The predicted molar refractivity (Wildman–Crippen MR) is 64.5 cm³/mol. The van der Waals surface area contributed by atoms with Crippen LogP contribution >= 0.6 is 11.3 Å². The highest BCUT2D eigenvalue weighted by Gasteiger charge is 2.33. The van der Waals surface area contributed by atoms with E-state index in [2.05, 4.69) is 5.32 Å². The second-order valence-corrected chi connectivity index (χ2v) is 4.92. The van der Waals surface area contributed by atoms with E-state index in [0.29, 0.717) is 10.1 Å². The molecular formula is C12H12F3NS. The van der Waals surface area contributed by atoms with Gasteiger partial charge in [0.15, 0.2) is 0 Å². The minimum Gasteiger partial charge on any atom is -0.319 e. The molecule has 0 atom stereocenters. The summed E-state index contributed by atoms with van der Waals surface area (Å²) in [6.45, 7) is 0.772. The lowest BCUT2D eigenvalue weighted by Crippen LogP contribution is -2.09. The Morgan fingerprint density at radius 2 is 2.06 bits per heavy atom. The molecule has 0 aliphatic carbocycles. The van der Waals surface area contributed by atoms with Gasteiger partial charge in [0.2, 0.25) is 0 Å². The SMILES string of the molecule is CNCCc1cc2cccc(C(F)(F)F)c2s1. The first-order valence-electron chi connectivity index (χ1n) is 5.25. The molecule has 2 rings (SSSR count). The highest BCUT2D eigenvalue weighted by molar-refractivity contribution is 7.19. The molecule has 0 saturated carbocycles. The van der Waals surface area contributed by atoms with Crippen molar-refractivity contribution in [3.8, 4) is 0 Å². The molecule has 17 heavy (non-hydrogen) atoms. The van der Waals surface area contributed by atoms with Crippen LogP contribution in [0.4, 0.5) is 13.2 Å². The van der Waals surface area contributed by atoms with Crippen LogP contribution in [-0.4, -0.2) is 13.6 Å². The van der Waals surface area contributed by atoms with Crippen LogP contribution in [0, 0.1) is 0 Å². The fraction of sp³-hybridized carbons (Fsp3) is 0.333. The Hall–Kier alpha value is -1.07. The zero-order chi connectivity index (χ0) is 12.5. The molecule has 0 unspecified atom stereocenters. The minimum absolute atomic E-state index is 0.339. The van der Waals surface area contributed by atoms with Crippen LogP contribution < -0.4 is 5.32 Å². The van der Waals surface area contributed by atoms with Gasteiger partial charge in [-0.1, -0.05) is 12.1 Å². The number of rotatable bonds is 3. The van der Waals surface area contributed by atoms with Gasteiger partial charge in [0.25, 0.3) is 0 Å². The van der Waals surface area contributed by atoms with Gasteiger partial charge in [0, 0.05) is 9.58 Å². The van der Waals surface area contributed by atoms with Crippen molar-refractivity contribution >= 4 is 21.4 Å². The Morgan fingerprint density at radius 1 is 1.29 bits per heavy atom. The predicted octanol–water partition coefficient (Wildman–Crippen LogP) is 3.68. The molecule has 1 heterocycles. The van der Waals surface area contributed by atoms with E-state index in [-0.39, 0.29) is 0 Å². The van der Waals surface area contributed by atoms with E-state index in [1.807, 2.05) is 13.1 Å². The molecule has 1 N–H and O–H groups in total. The standard InChI is InChI=1S/C12H12F3NS/c1-16-6-5-9-7-8-3-2-4-10(11(8)17-9)12(13,14)15/h2-4,7,16H,5-6H2,1H3. The van der Waals surface area contributed by atoms with Gasteiger partial charge in [-0.2, -0.15) is 13.2 Å². The molecule has 1 nitrogen and oxygen atoms in total. The average molecular weight is 259 g/mol. The van der Waals surface area contributed by atoms with Gasteiger partial charge in [-0.3, -0.25) is 0 Å². The summed E-state index contributed by atoms with van der Waals surface area (Å²) in [5.74, 6) is 0. The van der Waals surface area contributed by atoms with E-state index in [4.69, 9.17) is 0 Å². The Kier molecular flexibility index (Phi) is 3.40. The molecule has 0 fully saturated rings. The fourth-order valence-electron chi connectivity index (χ4n) is 1.71. The molecule has 0 radical (unpaired) electrons. The van der Waals surface area contributed by atoms with Crippen molar-refractivity contribution in [3.63, 3.8) is 0 Å². The highest BCUT2D eigenvalue weighted by atomic mass is 32.1. The lowest BCUT2D eigenvalue weighted by molar-refractivity contribution is -0.136. The molecule has 1 aromatic heterocycles. The summed E-state index contributed by atoms with van der Waals surface area (Å²) in [6, 6.07) is 6.16. The van der Waals surface area contributed by atoms with Crippen molar-refractivity contribution in [1.29, 1.82) is 0 Å². The molecule has 0 bridgehead atoms. The number of alkyl halides is 3. The lowest BCUT2D eigenvalue weighted by Gasteiger charge is -2.06. The molecule has 1 aromatic carbocycles. The zero-order valence-electron chi connectivity index (χ0n) is 9.27. The van der Waals surface area contributed by atoms with Gasteiger partial charge in [-0.25, -0.2) is 0 Å². The van der Waals surface area contributed by atoms with Gasteiger partial charge in [-0.15, -0.1) is 11.3 Å². The van der Waals surface area contributed by atoms with Crippen molar-refractivity contribution in [2.45, 2.75) is 12.6 Å². The summed E-state index contributed by atoms with van der Waals surface area (Å²) in [5.41, 5.74) is -0.532. The molecule has 2 aromatic rings. The number of benzene rings is 1. The second kappa shape index (κ2) is 4.66. The van der Waals surface area contributed by atoms with Crippen LogP contribution in [0.15, 0.2) is 24.3 Å². The number of nitrogens with one attached hydrogen (secondary N) is 1. The van der Waals surface area contributed by atoms with Crippen LogP contribution in [0.3, 0.4) is 0 Å². The Bertz CT molecular complexity index is 516. The van der Waals surface area contributed by atoms with Gasteiger partial charge in [-0.05, 0) is 37.5 Å². The van der Waals surface area contributed by atoms with Crippen molar-refractivity contribution in [2.75, 3.05) is 13.6 Å². The van der Waals surface area contributed by atoms with Gasteiger partial charge >= 0.3 is 6.18 Å². The lowest BCUT2D eigenvalue weighted by atomic mass is 10.1. The van der Waals surface area contributed by atoms with E-state index in [1.54, 1.807) is 6.07 Å². The van der Waals surface area contributed by atoms with E-state index in [0.717, 1.165) is 23.9 Å². The third-order valence-corrected chi connectivity index (χ3v) is 3.77. The van der Waals surface area contributed by atoms with Crippen LogP contribution in [0.1, 0.15) is 10.4 Å². The van der Waals surface area contributed by atoms with E-state index in [9.17, 15) is 13.2 Å². The highest BCUT2D eigenvalue weighted by Crippen LogP contribution is 2.38.